The van der Waals surface area contributed by atoms with Gasteiger partial charge in [0.1, 0.15) is 0 Å². The molecule has 10 heteroatoms. The van der Waals surface area contributed by atoms with Crippen LogP contribution in [0.25, 0.3) is 0 Å². The fourth-order valence-corrected chi connectivity index (χ4v) is 9.23. The molecule has 31 heavy (non-hydrogen) atoms. The molecule has 0 fully saturated rings. The molecule has 0 bridgehead atoms. The molecular weight excluding hydrogens is 496 g/mol. The van der Waals surface area contributed by atoms with E-state index in [1.165, 1.54) is 36.4 Å². The van der Waals surface area contributed by atoms with Gasteiger partial charge in [0.2, 0.25) is 0 Å². The maximum atomic E-state index is 12.9. The van der Waals surface area contributed by atoms with Crippen LogP contribution in [0.4, 0.5) is 39.5 Å². The molecule has 0 unspecified atom stereocenters. The molecule has 3 aromatic rings. The van der Waals surface area contributed by atoms with Crippen LogP contribution in [0.1, 0.15) is 16.7 Å². The van der Waals surface area contributed by atoms with Gasteiger partial charge in [-0.15, -0.1) is 0 Å². The normalized spacial score (nSPS) is 13.0. The van der Waals surface area contributed by atoms with Crippen LogP contribution >= 0.6 is 0 Å². The van der Waals surface area contributed by atoms with Gasteiger partial charge < -0.3 is 0 Å². The van der Waals surface area contributed by atoms with Crippen molar-refractivity contribution in [2.75, 3.05) is 0 Å². The Morgan fingerprint density at radius 3 is 0.710 bits per heavy atom. The summed E-state index contributed by atoms with van der Waals surface area (Å²) >= 11 is -3.25. The van der Waals surface area contributed by atoms with Crippen molar-refractivity contribution < 1.29 is 39.5 Å². The van der Waals surface area contributed by atoms with E-state index in [9.17, 15) is 39.5 Å². The van der Waals surface area contributed by atoms with E-state index in [0.717, 1.165) is 36.4 Å². The molecule has 0 N–H and O–H groups in total. The summed E-state index contributed by atoms with van der Waals surface area (Å²) in [5.41, 5.74) is -2.67. The minimum atomic E-state index is -4.57. The van der Waals surface area contributed by atoms with Crippen molar-refractivity contribution in [1.82, 2.24) is 0 Å². The van der Waals surface area contributed by atoms with E-state index >= 15 is 0 Å². The molecule has 0 saturated carbocycles. The quantitative estimate of drug-likeness (QED) is 0.345. The van der Waals surface area contributed by atoms with Gasteiger partial charge in [-0.1, -0.05) is 0 Å². The third kappa shape index (κ3) is 5.44. The Morgan fingerprint density at radius 1 is 0.355 bits per heavy atom. The molecular formula is C21H13F9Ge. The molecule has 0 aliphatic heterocycles. The number of hydrogen-bond acceptors (Lipinski definition) is 0. The third-order valence-corrected chi connectivity index (χ3v) is 11.3. The van der Waals surface area contributed by atoms with Gasteiger partial charge in [0.15, 0.2) is 0 Å². The van der Waals surface area contributed by atoms with E-state index in [1.54, 1.807) is 0 Å². The zero-order chi connectivity index (χ0) is 23.0. The second-order valence-electron chi connectivity index (χ2n) is 6.79. The van der Waals surface area contributed by atoms with Crippen LogP contribution in [0.5, 0.6) is 0 Å². The van der Waals surface area contributed by atoms with Crippen LogP contribution < -0.4 is 13.2 Å². The summed E-state index contributed by atoms with van der Waals surface area (Å²) in [5.74, 6) is 0. The van der Waals surface area contributed by atoms with Gasteiger partial charge in [-0.3, -0.25) is 0 Å². The molecule has 0 aromatic heterocycles. The SMILES string of the molecule is FC(F)(F)c1cc[c]([GeH]([c]2ccc(C(F)(F)F)cc2)[c]2ccc(C(F)(F)F)cc2)cc1. The maximum absolute atomic E-state index is 12.9. The van der Waals surface area contributed by atoms with Crippen LogP contribution in [0.15, 0.2) is 72.8 Å². The molecule has 164 valence electrons. The van der Waals surface area contributed by atoms with Crippen LogP contribution in [0, 0.1) is 0 Å². The van der Waals surface area contributed by atoms with Crippen LogP contribution in [0.3, 0.4) is 0 Å². The summed E-state index contributed by atoms with van der Waals surface area (Å²) in [7, 11) is 0. The van der Waals surface area contributed by atoms with E-state index in [1.807, 2.05) is 0 Å². The summed E-state index contributed by atoms with van der Waals surface area (Å²) in [4.78, 5) is 0. The van der Waals surface area contributed by atoms with E-state index in [0.29, 0.717) is 13.2 Å². The number of hydrogen-bond donors (Lipinski definition) is 0. The molecule has 0 heterocycles. The molecule has 3 rings (SSSR count). The first-order chi connectivity index (χ1) is 14.3. The molecule has 0 aliphatic rings. The van der Waals surface area contributed by atoms with Gasteiger partial charge in [-0.2, -0.15) is 0 Å². The molecule has 0 radical (unpaired) electrons. The van der Waals surface area contributed by atoms with Crippen molar-refractivity contribution >= 4 is 27.5 Å². The Bertz CT molecular complexity index is 877. The predicted molar refractivity (Wildman–Crippen MR) is 100 cm³/mol. The fourth-order valence-electron chi connectivity index (χ4n) is 3.17. The zero-order valence-electron chi connectivity index (χ0n) is 15.4. The summed E-state index contributed by atoms with van der Waals surface area (Å²) in [6, 6.07) is 12.6. The second kappa shape index (κ2) is 8.25. The number of halogens is 9. The number of rotatable bonds is 3. The van der Waals surface area contributed by atoms with Crippen molar-refractivity contribution in [2.24, 2.45) is 0 Å². The molecule has 0 atom stereocenters. The van der Waals surface area contributed by atoms with Crippen LogP contribution in [0.2, 0.25) is 0 Å². The Labute approximate surface area is 175 Å². The van der Waals surface area contributed by atoms with Gasteiger partial charge in [-0.05, 0) is 0 Å². The van der Waals surface area contributed by atoms with Crippen LogP contribution in [-0.4, -0.2) is 14.3 Å². The first-order valence-corrected chi connectivity index (χ1v) is 12.4. The standard InChI is InChI=1S/C21H13F9Ge/c22-19(23,24)13-1-7-16(8-2-13)31(17-9-3-14(4-10-17)20(25,26)27)18-11-5-15(6-12-18)21(28,29)30/h1-12,31H. The average Bonchev–Trinajstić information content (AvgIpc) is 2.67. The van der Waals surface area contributed by atoms with Gasteiger partial charge >= 0.3 is 175 Å². The molecule has 3 aromatic carbocycles. The average molecular weight is 509 g/mol. The van der Waals surface area contributed by atoms with Gasteiger partial charge in [0.25, 0.3) is 0 Å². The van der Waals surface area contributed by atoms with Gasteiger partial charge in [0, 0.05) is 0 Å². The van der Waals surface area contributed by atoms with Crippen molar-refractivity contribution in [3.8, 4) is 0 Å². The summed E-state index contributed by atoms with van der Waals surface area (Å²) in [6.45, 7) is 0. The first kappa shape index (κ1) is 23.2. The van der Waals surface area contributed by atoms with E-state index in [-0.39, 0.29) is 0 Å². The Morgan fingerprint density at radius 2 is 0.548 bits per heavy atom. The second-order valence-corrected chi connectivity index (χ2v) is 12.8. The summed E-state index contributed by atoms with van der Waals surface area (Å²) in [5, 5.41) is 0. The minimum absolute atomic E-state index is 0.472. The number of alkyl halides is 9. The topological polar surface area (TPSA) is 0 Å². The van der Waals surface area contributed by atoms with Crippen molar-refractivity contribution in [3.05, 3.63) is 89.5 Å². The Hall–Kier alpha value is -2.43. The monoisotopic (exact) mass is 510 g/mol. The van der Waals surface area contributed by atoms with Crippen LogP contribution in [-0.2, 0) is 18.5 Å². The molecule has 0 spiro atoms. The van der Waals surface area contributed by atoms with Crippen molar-refractivity contribution in [2.45, 2.75) is 18.5 Å². The summed E-state index contributed by atoms with van der Waals surface area (Å²) in [6.07, 6.45) is -13.7. The fraction of sp³-hybridized carbons (Fsp3) is 0.143. The predicted octanol–water partition coefficient (Wildman–Crippen LogP) is 4.99. The molecule has 0 amide bonds. The third-order valence-electron chi connectivity index (χ3n) is 4.71. The van der Waals surface area contributed by atoms with E-state index in [2.05, 4.69) is 0 Å². The molecule has 0 aliphatic carbocycles. The van der Waals surface area contributed by atoms with E-state index in [4.69, 9.17) is 0 Å². The van der Waals surface area contributed by atoms with Crippen molar-refractivity contribution in [3.63, 3.8) is 0 Å². The molecule has 0 nitrogen and oxygen atoms in total. The Balaban J connectivity index is 2.08. The molecule has 0 saturated heterocycles. The Kier molecular flexibility index (Phi) is 6.19. The van der Waals surface area contributed by atoms with Crippen molar-refractivity contribution in [1.29, 1.82) is 0 Å². The number of benzene rings is 3. The zero-order valence-corrected chi connectivity index (χ0v) is 17.8. The summed E-state index contributed by atoms with van der Waals surface area (Å²) < 4.78 is 117. The van der Waals surface area contributed by atoms with Gasteiger partial charge in [0.05, 0.1) is 0 Å². The van der Waals surface area contributed by atoms with E-state index < -0.39 is 49.6 Å². The van der Waals surface area contributed by atoms with Gasteiger partial charge in [-0.25, -0.2) is 0 Å². The first-order valence-electron chi connectivity index (χ1n) is 8.78.